The van der Waals surface area contributed by atoms with Crippen LogP contribution in [0.25, 0.3) is 0 Å². The van der Waals surface area contributed by atoms with E-state index in [-0.39, 0.29) is 12.0 Å². The van der Waals surface area contributed by atoms with E-state index in [1.807, 2.05) is 25.1 Å². The van der Waals surface area contributed by atoms with Crippen LogP contribution in [0.1, 0.15) is 44.4 Å². The van der Waals surface area contributed by atoms with Crippen molar-refractivity contribution in [2.24, 2.45) is 0 Å². The molecule has 1 aliphatic heterocycles. The summed E-state index contributed by atoms with van der Waals surface area (Å²) in [5.74, 6) is -0.145. The third kappa shape index (κ3) is 4.95. The minimum Gasteiger partial charge on any atom is -0.466 e. The van der Waals surface area contributed by atoms with E-state index in [1.165, 1.54) is 5.56 Å². The lowest BCUT2D eigenvalue weighted by Gasteiger charge is -2.41. The van der Waals surface area contributed by atoms with E-state index in [0.29, 0.717) is 24.1 Å². The SMILES string of the molecule is CCOC(=O)CC(c1cc(Cl)ccc1C)N1CCN(C(C)C)CC1. The molecule has 0 N–H and O–H groups in total. The number of hydrogen-bond acceptors (Lipinski definition) is 4. The Morgan fingerprint density at radius 3 is 2.42 bits per heavy atom. The molecule has 1 saturated heterocycles. The van der Waals surface area contributed by atoms with Crippen molar-refractivity contribution in [1.82, 2.24) is 9.80 Å². The molecule has 1 aromatic rings. The van der Waals surface area contributed by atoms with E-state index in [9.17, 15) is 4.79 Å². The number of aryl methyl sites for hydroxylation is 1. The van der Waals surface area contributed by atoms with Gasteiger partial charge in [0.1, 0.15) is 0 Å². The van der Waals surface area contributed by atoms with Gasteiger partial charge < -0.3 is 4.74 Å². The standard InChI is InChI=1S/C19H29ClN2O2/c1-5-24-19(23)13-18(17-12-16(20)7-6-15(17)4)22-10-8-21(9-11-22)14(2)3/h6-7,12,14,18H,5,8-11,13H2,1-4H3. The number of hydrogen-bond donors (Lipinski definition) is 0. The van der Waals surface area contributed by atoms with Crippen LogP contribution in [-0.2, 0) is 9.53 Å². The van der Waals surface area contributed by atoms with Crippen LogP contribution in [0.15, 0.2) is 18.2 Å². The molecule has 0 amide bonds. The summed E-state index contributed by atoms with van der Waals surface area (Å²) in [6.07, 6.45) is 0.372. The summed E-state index contributed by atoms with van der Waals surface area (Å²) in [4.78, 5) is 17.0. The van der Waals surface area contributed by atoms with E-state index >= 15 is 0 Å². The van der Waals surface area contributed by atoms with Gasteiger partial charge in [0.05, 0.1) is 13.0 Å². The van der Waals surface area contributed by atoms with Crippen molar-refractivity contribution < 1.29 is 9.53 Å². The fourth-order valence-corrected chi connectivity index (χ4v) is 3.53. The summed E-state index contributed by atoms with van der Waals surface area (Å²) in [5, 5.41) is 0.713. The van der Waals surface area contributed by atoms with Gasteiger partial charge in [-0.3, -0.25) is 14.6 Å². The second-order valence-electron chi connectivity index (χ2n) is 6.69. The summed E-state index contributed by atoms with van der Waals surface area (Å²) in [7, 11) is 0. The van der Waals surface area contributed by atoms with Crippen LogP contribution in [0.3, 0.4) is 0 Å². The molecule has 0 saturated carbocycles. The van der Waals surface area contributed by atoms with E-state index in [1.54, 1.807) is 0 Å². The number of carbonyl (C=O) groups excluding carboxylic acids is 1. The van der Waals surface area contributed by atoms with Gasteiger partial charge in [0.2, 0.25) is 0 Å². The van der Waals surface area contributed by atoms with E-state index < -0.39 is 0 Å². The van der Waals surface area contributed by atoms with Gasteiger partial charge in [0.15, 0.2) is 0 Å². The molecule has 1 fully saturated rings. The van der Waals surface area contributed by atoms with Gasteiger partial charge in [0, 0.05) is 43.3 Å². The first kappa shape index (κ1) is 19.2. The van der Waals surface area contributed by atoms with Crippen LogP contribution >= 0.6 is 11.6 Å². The highest BCUT2D eigenvalue weighted by molar-refractivity contribution is 6.30. The lowest BCUT2D eigenvalue weighted by Crippen LogP contribution is -2.50. The van der Waals surface area contributed by atoms with Crippen molar-refractivity contribution in [2.45, 2.75) is 46.2 Å². The first-order valence-corrected chi connectivity index (χ1v) is 9.20. The van der Waals surface area contributed by atoms with Crippen LogP contribution in [0.2, 0.25) is 5.02 Å². The Hall–Kier alpha value is -1.10. The molecule has 1 heterocycles. The van der Waals surface area contributed by atoms with Gasteiger partial charge in [-0.05, 0) is 51.0 Å². The number of rotatable bonds is 6. The van der Waals surface area contributed by atoms with Gasteiger partial charge in [-0.2, -0.15) is 0 Å². The van der Waals surface area contributed by atoms with Crippen molar-refractivity contribution in [3.63, 3.8) is 0 Å². The Bertz CT molecular complexity index is 554. The smallest absolute Gasteiger partial charge is 0.307 e. The molecule has 1 aromatic carbocycles. The summed E-state index contributed by atoms with van der Waals surface area (Å²) in [6, 6.07) is 6.51. The van der Waals surface area contributed by atoms with Crippen molar-refractivity contribution in [1.29, 1.82) is 0 Å². The highest BCUT2D eigenvalue weighted by Crippen LogP contribution is 2.30. The zero-order valence-corrected chi connectivity index (χ0v) is 16.0. The third-order valence-electron chi connectivity index (χ3n) is 4.79. The minimum absolute atomic E-state index is 0.0251. The third-order valence-corrected chi connectivity index (χ3v) is 5.02. The second kappa shape index (κ2) is 8.84. The molecule has 1 atom stereocenters. The van der Waals surface area contributed by atoms with Crippen LogP contribution < -0.4 is 0 Å². The molecule has 24 heavy (non-hydrogen) atoms. The van der Waals surface area contributed by atoms with Gasteiger partial charge in [0.25, 0.3) is 0 Å². The molecule has 0 bridgehead atoms. The van der Waals surface area contributed by atoms with Gasteiger partial charge in [-0.15, -0.1) is 0 Å². The first-order chi connectivity index (χ1) is 11.4. The van der Waals surface area contributed by atoms with Crippen LogP contribution in [0, 0.1) is 6.92 Å². The molecule has 5 heteroatoms. The van der Waals surface area contributed by atoms with Crippen LogP contribution in [-0.4, -0.2) is 54.6 Å². The van der Waals surface area contributed by atoms with Crippen molar-refractivity contribution in [3.8, 4) is 0 Å². The molecule has 0 aromatic heterocycles. The normalized spacial score (nSPS) is 17.9. The lowest BCUT2D eigenvalue weighted by atomic mass is 9.96. The monoisotopic (exact) mass is 352 g/mol. The van der Waals surface area contributed by atoms with Crippen molar-refractivity contribution in [3.05, 3.63) is 34.3 Å². The summed E-state index contributed by atoms with van der Waals surface area (Å²) in [5.41, 5.74) is 2.30. The predicted molar refractivity (Wildman–Crippen MR) is 98.5 cm³/mol. The van der Waals surface area contributed by atoms with Gasteiger partial charge in [-0.25, -0.2) is 0 Å². The Morgan fingerprint density at radius 2 is 1.83 bits per heavy atom. The quantitative estimate of drug-likeness (QED) is 0.731. The molecule has 2 rings (SSSR count). The maximum atomic E-state index is 12.1. The fourth-order valence-electron chi connectivity index (χ4n) is 3.35. The fraction of sp³-hybridized carbons (Fsp3) is 0.632. The molecule has 0 aliphatic carbocycles. The minimum atomic E-state index is -0.145. The molecule has 134 valence electrons. The number of piperazine rings is 1. The topological polar surface area (TPSA) is 32.8 Å². The number of ether oxygens (including phenoxy) is 1. The summed E-state index contributed by atoms with van der Waals surface area (Å²) in [6.45, 7) is 12.8. The number of benzene rings is 1. The average Bonchev–Trinajstić information content (AvgIpc) is 2.55. The van der Waals surface area contributed by atoms with Crippen molar-refractivity contribution in [2.75, 3.05) is 32.8 Å². The molecular formula is C19H29ClN2O2. The summed E-state index contributed by atoms with van der Waals surface area (Å²) < 4.78 is 5.21. The second-order valence-corrected chi connectivity index (χ2v) is 7.13. The summed E-state index contributed by atoms with van der Waals surface area (Å²) >= 11 is 6.22. The lowest BCUT2D eigenvalue weighted by molar-refractivity contribution is -0.144. The number of nitrogens with zero attached hydrogens (tertiary/aromatic N) is 2. The predicted octanol–water partition coefficient (Wildman–Crippen LogP) is 3.67. The maximum Gasteiger partial charge on any atom is 0.307 e. The largest absolute Gasteiger partial charge is 0.466 e. The highest BCUT2D eigenvalue weighted by Gasteiger charge is 2.29. The number of halogens is 1. The average molecular weight is 353 g/mol. The first-order valence-electron chi connectivity index (χ1n) is 8.82. The van der Waals surface area contributed by atoms with E-state index in [4.69, 9.17) is 16.3 Å². The maximum absolute atomic E-state index is 12.1. The molecule has 0 radical (unpaired) electrons. The van der Waals surface area contributed by atoms with Crippen LogP contribution in [0.5, 0.6) is 0 Å². The van der Waals surface area contributed by atoms with Gasteiger partial charge in [-0.1, -0.05) is 17.7 Å². The Morgan fingerprint density at radius 1 is 1.21 bits per heavy atom. The van der Waals surface area contributed by atoms with Crippen molar-refractivity contribution >= 4 is 17.6 Å². The Balaban J connectivity index is 2.20. The number of carbonyl (C=O) groups is 1. The molecule has 4 nitrogen and oxygen atoms in total. The molecule has 0 spiro atoms. The highest BCUT2D eigenvalue weighted by atomic mass is 35.5. The van der Waals surface area contributed by atoms with Crippen LogP contribution in [0.4, 0.5) is 0 Å². The number of esters is 1. The Kier molecular flexibility index (Phi) is 7.08. The Labute approximate surface area is 150 Å². The molecule has 1 aliphatic rings. The molecule has 1 unspecified atom stereocenters. The van der Waals surface area contributed by atoms with E-state index in [0.717, 1.165) is 31.7 Å². The van der Waals surface area contributed by atoms with Gasteiger partial charge >= 0.3 is 5.97 Å². The zero-order chi connectivity index (χ0) is 17.7. The zero-order valence-electron chi connectivity index (χ0n) is 15.2. The molecular weight excluding hydrogens is 324 g/mol. The van der Waals surface area contributed by atoms with E-state index in [2.05, 4.69) is 30.6 Å².